The molecule has 1 aromatic carbocycles. The first-order chi connectivity index (χ1) is 15.4. The summed E-state index contributed by atoms with van der Waals surface area (Å²) in [5.41, 5.74) is 2.99. The summed E-state index contributed by atoms with van der Waals surface area (Å²) in [6.45, 7) is 6.76. The van der Waals surface area contributed by atoms with Gasteiger partial charge in [0.2, 0.25) is 0 Å². The lowest BCUT2D eigenvalue weighted by Gasteiger charge is -2.06. The largest absolute Gasteiger partial charge is 0.454 e. The van der Waals surface area contributed by atoms with Gasteiger partial charge in [0, 0.05) is 24.1 Å². The number of hydrogen-bond acceptors (Lipinski definition) is 5. The van der Waals surface area contributed by atoms with E-state index in [9.17, 15) is 9.59 Å². The number of anilines is 2. The molecule has 0 radical (unpaired) electrons. The summed E-state index contributed by atoms with van der Waals surface area (Å²) in [6, 6.07) is 14.4. The topological polar surface area (TPSA) is 107 Å². The fraction of sp³-hybridized carbons (Fsp3) is 0.217. The maximum absolute atomic E-state index is 12.8. The van der Waals surface area contributed by atoms with Gasteiger partial charge in [-0.25, -0.2) is 0 Å². The van der Waals surface area contributed by atoms with E-state index < -0.39 is 11.8 Å². The van der Waals surface area contributed by atoms with Crippen molar-refractivity contribution in [1.29, 1.82) is 0 Å². The summed E-state index contributed by atoms with van der Waals surface area (Å²) in [4.78, 5) is 25.5. The molecule has 4 rings (SSSR count). The third-order valence-corrected chi connectivity index (χ3v) is 4.88. The van der Waals surface area contributed by atoms with Crippen LogP contribution in [0.15, 0.2) is 59.1 Å². The number of nitrogens with one attached hydrogen (secondary N) is 2. The summed E-state index contributed by atoms with van der Waals surface area (Å²) in [6.07, 6.45) is 1.62. The maximum atomic E-state index is 12.8. The molecule has 32 heavy (non-hydrogen) atoms. The molecule has 0 spiro atoms. The third-order valence-electron chi connectivity index (χ3n) is 4.88. The van der Waals surface area contributed by atoms with E-state index >= 15 is 0 Å². The quantitative estimate of drug-likeness (QED) is 0.461. The lowest BCUT2D eigenvalue weighted by molar-refractivity contribution is 0.0994. The summed E-state index contributed by atoms with van der Waals surface area (Å²) < 4.78 is 9.12. The van der Waals surface area contributed by atoms with Crippen LogP contribution in [0.5, 0.6) is 0 Å². The summed E-state index contributed by atoms with van der Waals surface area (Å²) in [7, 11) is 0. The molecule has 2 amide bonds. The van der Waals surface area contributed by atoms with Crippen LogP contribution < -0.4 is 10.6 Å². The second kappa shape index (κ2) is 8.93. The Balaban J connectivity index is 1.49. The number of benzene rings is 1. The number of carbonyl (C=O) groups is 2. The van der Waals surface area contributed by atoms with Gasteiger partial charge >= 0.3 is 0 Å². The average molecular weight is 432 g/mol. The molecule has 0 bridgehead atoms. The van der Waals surface area contributed by atoms with E-state index in [-0.39, 0.29) is 11.5 Å². The Morgan fingerprint density at radius 3 is 2.47 bits per heavy atom. The van der Waals surface area contributed by atoms with Crippen LogP contribution in [0.3, 0.4) is 0 Å². The van der Waals surface area contributed by atoms with Crippen LogP contribution in [0.25, 0.3) is 0 Å². The van der Waals surface area contributed by atoms with Gasteiger partial charge in [0.05, 0.1) is 17.9 Å². The van der Waals surface area contributed by atoms with Crippen LogP contribution in [0.2, 0.25) is 0 Å². The number of aromatic nitrogens is 4. The van der Waals surface area contributed by atoms with Crippen LogP contribution in [-0.2, 0) is 13.1 Å². The van der Waals surface area contributed by atoms with E-state index in [1.54, 1.807) is 35.1 Å². The fourth-order valence-electron chi connectivity index (χ4n) is 3.31. The van der Waals surface area contributed by atoms with Gasteiger partial charge in [-0.1, -0.05) is 18.2 Å². The molecule has 0 saturated heterocycles. The molecule has 0 unspecified atom stereocenters. The highest BCUT2D eigenvalue weighted by Gasteiger charge is 2.21. The molecular formula is C23H24N6O3. The van der Waals surface area contributed by atoms with Crippen LogP contribution in [-0.4, -0.2) is 31.4 Å². The van der Waals surface area contributed by atoms with Gasteiger partial charge in [-0.15, -0.1) is 0 Å². The number of carbonyl (C=O) groups excluding carboxylic acids is 2. The zero-order valence-corrected chi connectivity index (χ0v) is 18.1. The van der Waals surface area contributed by atoms with E-state index in [1.165, 1.54) is 0 Å². The average Bonchev–Trinajstić information content (AvgIpc) is 3.48. The Labute approximate surface area is 185 Å². The lowest BCUT2D eigenvalue weighted by Crippen LogP contribution is -2.17. The fourth-order valence-corrected chi connectivity index (χ4v) is 3.31. The van der Waals surface area contributed by atoms with Crippen LogP contribution >= 0.6 is 0 Å². The number of hydrogen-bond donors (Lipinski definition) is 2. The first kappa shape index (κ1) is 21.1. The minimum Gasteiger partial charge on any atom is -0.454 e. The van der Waals surface area contributed by atoms with Crippen molar-refractivity contribution in [1.82, 2.24) is 19.6 Å². The lowest BCUT2D eigenvalue weighted by atomic mass is 10.3. The number of para-hydroxylation sites is 1. The van der Waals surface area contributed by atoms with E-state index in [4.69, 9.17) is 4.42 Å². The Hall–Kier alpha value is -4.14. The number of furan rings is 1. The number of amides is 2. The maximum Gasteiger partial charge on any atom is 0.291 e. The van der Waals surface area contributed by atoms with E-state index in [0.717, 1.165) is 11.4 Å². The van der Waals surface area contributed by atoms with Crippen molar-refractivity contribution in [3.63, 3.8) is 0 Å². The molecule has 0 fully saturated rings. The predicted octanol–water partition coefficient (Wildman–Crippen LogP) is 3.86. The Morgan fingerprint density at radius 1 is 1.00 bits per heavy atom. The highest BCUT2D eigenvalue weighted by atomic mass is 16.4. The molecule has 0 aliphatic rings. The summed E-state index contributed by atoms with van der Waals surface area (Å²) >= 11 is 0. The minimum atomic E-state index is -0.464. The highest BCUT2D eigenvalue weighted by Crippen LogP contribution is 2.19. The SMILES string of the molecule is CCn1cc(NC(=O)c2ccc(Cn3nc(C)cc3C)o2)c(C(=O)Nc2ccccc2)n1. The van der Waals surface area contributed by atoms with Crippen molar-refractivity contribution < 1.29 is 14.0 Å². The van der Waals surface area contributed by atoms with Crippen LogP contribution in [0.1, 0.15) is 45.1 Å². The normalized spacial score (nSPS) is 10.8. The molecule has 164 valence electrons. The summed E-state index contributed by atoms with van der Waals surface area (Å²) in [5, 5.41) is 14.2. The number of aryl methyl sites for hydroxylation is 3. The molecule has 9 heteroatoms. The molecule has 0 saturated carbocycles. The van der Waals surface area contributed by atoms with Gasteiger partial charge < -0.3 is 15.1 Å². The zero-order chi connectivity index (χ0) is 22.7. The van der Waals surface area contributed by atoms with Crippen LogP contribution in [0, 0.1) is 13.8 Å². The van der Waals surface area contributed by atoms with Gasteiger partial charge in [0.1, 0.15) is 5.76 Å². The zero-order valence-electron chi connectivity index (χ0n) is 18.1. The van der Waals surface area contributed by atoms with Gasteiger partial charge in [-0.2, -0.15) is 10.2 Å². The van der Waals surface area contributed by atoms with E-state index in [0.29, 0.717) is 30.2 Å². The molecule has 3 heterocycles. The van der Waals surface area contributed by atoms with Gasteiger partial charge in [0.25, 0.3) is 11.8 Å². The number of nitrogens with zero attached hydrogens (tertiary/aromatic N) is 4. The Morgan fingerprint density at radius 2 is 1.78 bits per heavy atom. The van der Waals surface area contributed by atoms with Crippen molar-refractivity contribution in [3.05, 3.63) is 83.3 Å². The monoisotopic (exact) mass is 432 g/mol. The minimum absolute atomic E-state index is 0.124. The third kappa shape index (κ3) is 4.61. The summed E-state index contributed by atoms with van der Waals surface area (Å²) in [5.74, 6) is -0.134. The van der Waals surface area contributed by atoms with Crippen molar-refractivity contribution in [2.45, 2.75) is 33.9 Å². The Kier molecular flexibility index (Phi) is 5.89. The van der Waals surface area contributed by atoms with Crippen LogP contribution in [0.4, 0.5) is 11.4 Å². The molecule has 0 aliphatic carbocycles. The van der Waals surface area contributed by atoms with Gasteiger partial charge in [-0.05, 0) is 51.1 Å². The van der Waals surface area contributed by atoms with Gasteiger partial charge in [-0.3, -0.25) is 19.0 Å². The van der Waals surface area contributed by atoms with Crippen molar-refractivity contribution in [3.8, 4) is 0 Å². The van der Waals surface area contributed by atoms with Crippen molar-refractivity contribution in [2.24, 2.45) is 0 Å². The second-order valence-electron chi connectivity index (χ2n) is 7.37. The first-order valence-electron chi connectivity index (χ1n) is 10.3. The number of rotatable bonds is 7. The van der Waals surface area contributed by atoms with Crippen molar-refractivity contribution >= 4 is 23.2 Å². The molecule has 3 aromatic heterocycles. The van der Waals surface area contributed by atoms with Crippen molar-refractivity contribution in [2.75, 3.05) is 10.6 Å². The molecule has 0 aliphatic heterocycles. The smallest absolute Gasteiger partial charge is 0.291 e. The van der Waals surface area contributed by atoms with E-state index in [1.807, 2.05) is 49.7 Å². The Bertz CT molecular complexity index is 1250. The highest BCUT2D eigenvalue weighted by molar-refractivity contribution is 6.10. The molecule has 4 aromatic rings. The molecule has 9 nitrogen and oxygen atoms in total. The predicted molar refractivity (Wildman–Crippen MR) is 120 cm³/mol. The molecular weight excluding hydrogens is 408 g/mol. The molecule has 2 N–H and O–H groups in total. The van der Waals surface area contributed by atoms with E-state index in [2.05, 4.69) is 20.8 Å². The molecule has 0 atom stereocenters. The van der Waals surface area contributed by atoms with Gasteiger partial charge in [0.15, 0.2) is 11.5 Å². The second-order valence-corrected chi connectivity index (χ2v) is 7.37. The standard InChI is InChI=1S/C23H24N6O3/c1-4-28-14-19(21(27-28)23(31)24-17-8-6-5-7-9-17)25-22(30)20-11-10-18(32-20)13-29-16(3)12-15(2)26-29/h5-12,14H,4,13H2,1-3H3,(H,24,31)(H,25,30). The first-order valence-corrected chi connectivity index (χ1v) is 10.3.